The van der Waals surface area contributed by atoms with Crippen LogP contribution in [-0.4, -0.2) is 12.0 Å². The van der Waals surface area contributed by atoms with Gasteiger partial charge in [0.2, 0.25) is 0 Å². The third-order valence-corrected chi connectivity index (χ3v) is 1.99. The quantitative estimate of drug-likeness (QED) is 0.801. The fourth-order valence-corrected chi connectivity index (χ4v) is 1.30. The van der Waals surface area contributed by atoms with E-state index in [9.17, 15) is 0 Å². The number of aromatic nitrogens is 1. The Morgan fingerprint density at radius 1 is 1.36 bits per heavy atom. The van der Waals surface area contributed by atoms with Crippen LogP contribution in [-0.2, 0) is 6.54 Å². The van der Waals surface area contributed by atoms with Gasteiger partial charge in [-0.15, -0.1) is 0 Å². The molecule has 0 saturated carbocycles. The largest absolute Gasteiger partial charge is 0.464 e. The van der Waals surface area contributed by atoms with Gasteiger partial charge in [-0.05, 0) is 31.3 Å². The lowest BCUT2D eigenvalue weighted by Crippen LogP contribution is -2.06. The Morgan fingerprint density at radius 3 is 2.86 bits per heavy atom. The van der Waals surface area contributed by atoms with Crippen LogP contribution in [0.2, 0.25) is 0 Å². The number of rotatable bonds is 3. The molecule has 2 rings (SSSR count). The third kappa shape index (κ3) is 1.83. The molecule has 0 spiro atoms. The summed E-state index contributed by atoms with van der Waals surface area (Å²) in [6, 6.07) is 7.80. The molecule has 3 heteroatoms. The van der Waals surface area contributed by atoms with Crippen molar-refractivity contribution in [1.29, 1.82) is 0 Å². The molecule has 0 fully saturated rings. The molecule has 72 valence electrons. The van der Waals surface area contributed by atoms with Crippen LogP contribution < -0.4 is 5.32 Å². The van der Waals surface area contributed by atoms with Gasteiger partial charge in [0.25, 0.3) is 0 Å². The third-order valence-electron chi connectivity index (χ3n) is 1.99. The van der Waals surface area contributed by atoms with Crippen LogP contribution in [0.1, 0.15) is 5.69 Å². The van der Waals surface area contributed by atoms with Crippen LogP contribution >= 0.6 is 0 Å². The molecule has 0 aromatic carbocycles. The fraction of sp³-hybridized carbons (Fsp3) is 0.182. The molecular formula is C11H12N2O. The maximum atomic E-state index is 5.26. The molecule has 2 heterocycles. The molecule has 0 bridgehead atoms. The smallest absolute Gasteiger partial charge is 0.135 e. The summed E-state index contributed by atoms with van der Waals surface area (Å²) in [6.07, 6.45) is 3.49. The molecule has 14 heavy (non-hydrogen) atoms. The van der Waals surface area contributed by atoms with Gasteiger partial charge >= 0.3 is 0 Å². The first-order valence-corrected chi connectivity index (χ1v) is 4.53. The van der Waals surface area contributed by atoms with E-state index in [-0.39, 0.29) is 0 Å². The molecule has 0 atom stereocenters. The molecular weight excluding hydrogens is 176 g/mol. The van der Waals surface area contributed by atoms with Crippen molar-refractivity contribution in [1.82, 2.24) is 10.3 Å². The monoisotopic (exact) mass is 188 g/mol. The van der Waals surface area contributed by atoms with Gasteiger partial charge in [0.15, 0.2) is 0 Å². The highest BCUT2D eigenvalue weighted by Crippen LogP contribution is 2.18. The van der Waals surface area contributed by atoms with Gasteiger partial charge in [0, 0.05) is 18.3 Å². The van der Waals surface area contributed by atoms with E-state index in [0.717, 1.165) is 23.6 Å². The molecule has 0 aliphatic rings. The number of pyridine rings is 1. The first-order valence-electron chi connectivity index (χ1n) is 4.53. The van der Waals surface area contributed by atoms with Gasteiger partial charge in [-0.25, -0.2) is 0 Å². The van der Waals surface area contributed by atoms with Crippen molar-refractivity contribution in [2.75, 3.05) is 7.05 Å². The van der Waals surface area contributed by atoms with Crippen LogP contribution in [0.15, 0.2) is 41.1 Å². The van der Waals surface area contributed by atoms with Crippen LogP contribution in [0.3, 0.4) is 0 Å². The highest BCUT2D eigenvalue weighted by Gasteiger charge is 2.00. The summed E-state index contributed by atoms with van der Waals surface area (Å²) < 4.78 is 5.26. The van der Waals surface area contributed by atoms with Crippen molar-refractivity contribution in [3.63, 3.8) is 0 Å². The van der Waals surface area contributed by atoms with Gasteiger partial charge in [-0.3, -0.25) is 4.98 Å². The Hall–Kier alpha value is -1.61. The van der Waals surface area contributed by atoms with Crippen molar-refractivity contribution < 1.29 is 4.42 Å². The lowest BCUT2D eigenvalue weighted by atomic mass is 10.2. The Balaban J connectivity index is 2.22. The molecule has 2 aromatic heterocycles. The van der Waals surface area contributed by atoms with Crippen LogP contribution in [0.5, 0.6) is 0 Å². The van der Waals surface area contributed by atoms with E-state index >= 15 is 0 Å². The lowest BCUT2D eigenvalue weighted by Gasteiger charge is -2.00. The van der Waals surface area contributed by atoms with Crippen molar-refractivity contribution >= 4 is 0 Å². The minimum absolute atomic E-state index is 0.790. The number of nitrogens with one attached hydrogen (secondary N) is 1. The molecule has 0 aliphatic carbocycles. The normalized spacial score (nSPS) is 10.4. The maximum Gasteiger partial charge on any atom is 0.135 e. The summed E-state index contributed by atoms with van der Waals surface area (Å²) in [5, 5.41) is 3.05. The topological polar surface area (TPSA) is 38.1 Å². The molecule has 3 nitrogen and oxygen atoms in total. The molecule has 0 unspecified atom stereocenters. The number of furan rings is 1. The predicted octanol–water partition coefficient (Wildman–Crippen LogP) is 2.06. The van der Waals surface area contributed by atoms with Gasteiger partial charge in [-0.2, -0.15) is 0 Å². The van der Waals surface area contributed by atoms with E-state index in [4.69, 9.17) is 4.42 Å². The van der Waals surface area contributed by atoms with Crippen molar-refractivity contribution in [3.8, 4) is 11.3 Å². The summed E-state index contributed by atoms with van der Waals surface area (Å²) >= 11 is 0. The van der Waals surface area contributed by atoms with Crippen LogP contribution in [0.4, 0.5) is 0 Å². The van der Waals surface area contributed by atoms with E-state index in [2.05, 4.69) is 10.3 Å². The number of hydrogen-bond donors (Lipinski definition) is 1. The predicted molar refractivity (Wildman–Crippen MR) is 54.7 cm³/mol. The Morgan fingerprint density at radius 2 is 2.29 bits per heavy atom. The lowest BCUT2D eigenvalue weighted by molar-refractivity contribution is 0.582. The summed E-state index contributed by atoms with van der Waals surface area (Å²) in [5.74, 6) is 0.855. The van der Waals surface area contributed by atoms with E-state index in [0.29, 0.717) is 0 Å². The summed E-state index contributed by atoms with van der Waals surface area (Å²) in [4.78, 5) is 4.30. The van der Waals surface area contributed by atoms with Crippen LogP contribution in [0.25, 0.3) is 11.3 Å². The summed E-state index contributed by atoms with van der Waals surface area (Å²) in [7, 11) is 1.90. The average molecular weight is 188 g/mol. The number of nitrogens with zero attached hydrogens (tertiary/aromatic N) is 1. The fourth-order valence-electron chi connectivity index (χ4n) is 1.30. The molecule has 0 radical (unpaired) electrons. The first-order chi connectivity index (χ1) is 6.90. The molecule has 1 N–H and O–H groups in total. The van der Waals surface area contributed by atoms with Gasteiger partial charge in [0.05, 0.1) is 12.0 Å². The zero-order valence-electron chi connectivity index (χ0n) is 8.03. The SMILES string of the molecule is CNCc1ccc(-c2ccco2)cn1. The second-order valence-electron chi connectivity index (χ2n) is 3.05. The van der Waals surface area contributed by atoms with Crippen LogP contribution in [0, 0.1) is 0 Å². The maximum absolute atomic E-state index is 5.26. The van der Waals surface area contributed by atoms with E-state index < -0.39 is 0 Å². The van der Waals surface area contributed by atoms with Crippen molar-refractivity contribution in [2.24, 2.45) is 0 Å². The molecule has 0 amide bonds. The Bertz CT molecular complexity index is 378. The standard InChI is InChI=1S/C11H12N2O/c1-12-8-10-5-4-9(7-13-10)11-3-2-6-14-11/h2-7,12H,8H2,1H3. The summed E-state index contributed by atoms with van der Waals surface area (Å²) in [5.41, 5.74) is 2.04. The zero-order chi connectivity index (χ0) is 9.80. The second kappa shape index (κ2) is 4.07. The zero-order valence-corrected chi connectivity index (χ0v) is 8.03. The van der Waals surface area contributed by atoms with E-state index in [1.807, 2.05) is 37.5 Å². The second-order valence-corrected chi connectivity index (χ2v) is 3.05. The number of hydrogen-bond acceptors (Lipinski definition) is 3. The Labute approximate surface area is 82.8 Å². The van der Waals surface area contributed by atoms with E-state index in [1.165, 1.54) is 0 Å². The molecule has 0 saturated heterocycles. The minimum Gasteiger partial charge on any atom is -0.464 e. The van der Waals surface area contributed by atoms with E-state index in [1.54, 1.807) is 6.26 Å². The van der Waals surface area contributed by atoms with Crippen molar-refractivity contribution in [3.05, 3.63) is 42.4 Å². The van der Waals surface area contributed by atoms with Gasteiger partial charge in [0.1, 0.15) is 5.76 Å². The van der Waals surface area contributed by atoms with Gasteiger partial charge < -0.3 is 9.73 Å². The average Bonchev–Trinajstić information content (AvgIpc) is 2.72. The highest BCUT2D eigenvalue weighted by atomic mass is 16.3. The van der Waals surface area contributed by atoms with Gasteiger partial charge in [-0.1, -0.05) is 0 Å². The first kappa shape index (κ1) is 8.97. The molecule has 0 aliphatic heterocycles. The molecule has 2 aromatic rings. The highest BCUT2D eigenvalue weighted by molar-refractivity contribution is 5.55. The Kier molecular flexibility index (Phi) is 2.60. The van der Waals surface area contributed by atoms with Crippen molar-refractivity contribution in [2.45, 2.75) is 6.54 Å². The minimum atomic E-state index is 0.790. The summed E-state index contributed by atoms with van der Waals surface area (Å²) in [6.45, 7) is 0.790.